The van der Waals surface area contributed by atoms with Gasteiger partial charge in [0.25, 0.3) is 0 Å². The van der Waals surface area contributed by atoms with E-state index in [9.17, 15) is 23.8 Å². The SMILES string of the molecule is O=C(c1ncc(F)cc1N1CCC2(CC1)CC(O)c1cc(Br)ccc12)c1ncc(F)cc1N1CCC2(CC1)CC(O)c1cc(Br)ccc12. The molecule has 2 atom stereocenters. The number of benzene rings is 2. The maximum absolute atomic E-state index is 14.7. The van der Waals surface area contributed by atoms with Crippen molar-refractivity contribution in [2.45, 2.75) is 61.6 Å². The molecule has 4 aromatic rings. The second kappa shape index (κ2) is 12.0. The van der Waals surface area contributed by atoms with E-state index >= 15 is 0 Å². The summed E-state index contributed by atoms with van der Waals surface area (Å²) in [5.41, 5.74) is 4.75. The Hall–Kier alpha value is -3.25. The summed E-state index contributed by atoms with van der Waals surface area (Å²) in [6.07, 6.45) is 5.17. The molecular weight excluding hydrogens is 746 g/mol. The highest BCUT2D eigenvalue weighted by molar-refractivity contribution is 9.10. The minimum atomic E-state index is -0.548. The van der Waals surface area contributed by atoms with Gasteiger partial charge in [0.15, 0.2) is 0 Å². The highest BCUT2D eigenvalue weighted by Crippen LogP contribution is 2.53. The van der Waals surface area contributed by atoms with Gasteiger partial charge < -0.3 is 20.0 Å². The number of carbonyl (C=O) groups excluding carboxylic acids is 1. The zero-order chi connectivity index (χ0) is 33.4. The number of aliphatic hydroxyl groups is 2. The maximum Gasteiger partial charge on any atom is 0.233 e. The van der Waals surface area contributed by atoms with Crippen molar-refractivity contribution < 1.29 is 23.8 Å². The van der Waals surface area contributed by atoms with Crippen LogP contribution in [0.5, 0.6) is 0 Å². The molecule has 0 amide bonds. The first-order valence-electron chi connectivity index (χ1n) is 16.4. The summed E-state index contributed by atoms with van der Waals surface area (Å²) in [5.74, 6) is -1.58. The van der Waals surface area contributed by atoms with E-state index < -0.39 is 29.6 Å². The number of fused-ring (bicyclic) bond motifs is 4. The number of pyridine rings is 2. The van der Waals surface area contributed by atoms with Crippen molar-refractivity contribution in [3.05, 3.63) is 115 Å². The van der Waals surface area contributed by atoms with E-state index in [1.807, 2.05) is 34.1 Å². The molecule has 7 nitrogen and oxygen atoms in total. The molecule has 0 radical (unpaired) electrons. The Morgan fingerprint density at radius 2 is 1.08 bits per heavy atom. The van der Waals surface area contributed by atoms with Crippen molar-refractivity contribution in [3.63, 3.8) is 0 Å². The van der Waals surface area contributed by atoms with Crippen molar-refractivity contribution >= 4 is 49.0 Å². The maximum atomic E-state index is 14.7. The lowest BCUT2D eigenvalue weighted by Crippen LogP contribution is -2.43. The Morgan fingerprint density at radius 1 is 0.688 bits per heavy atom. The predicted molar refractivity (Wildman–Crippen MR) is 186 cm³/mol. The van der Waals surface area contributed by atoms with E-state index in [-0.39, 0.29) is 22.2 Å². The molecule has 248 valence electrons. The Balaban J connectivity index is 1.06. The van der Waals surface area contributed by atoms with Crippen molar-refractivity contribution in [1.29, 1.82) is 0 Å². The Labute approximate surface area is 294 Å². The molecule has 2 unspecified atom stereocenters. The molecule has 11 heteroatoms. The molecular formula is C37H34Br2F2N4O3. The molecule has 0 bridgehead atoms. The molecule has 2 aromatic heterocycles. The summed E-state index contributed by atoms with van der Waals surface area (Å²) in [4.78, 5) is 26.8. The van der Waals surface area contributed by atoms with Gasteiger partial charge in [-0.05, 0) is 85.0 Å². The highest BCUT2D eigenvalue weighted by atomic mass is 79.9. The number of aliphatic hydroxyl groups excluding tert-OH is 2. The Bertz CT molecular complexity index is 1810. The smallest absolute Gasteiger partial charge is 0.233 e. The van der Waals surface area contributed by atoms with Crippen LogP contribution >= 0.6 is 31.9 Å². The quantitative estimate of drug-likeness (QED) is 0.208. The van der Waals surface area contributed by atoms with Crippen LogP contribution < -0.4 is 9.80 Å². The number of rotatable bonds is 4. The van der Waals surface area contributed by atoms with E-state index in [0.717, 1.165) is 69.3 Å². The largest absolute Gasteiger partial charge is 0.388 e. The van der Waals surface area contributed by atoms with Gasteiger partial charge in [0, 0.05) is 58.1 Å². The topological polar surface area (TPSA) is 89.8 Å². The standard InChI is InChI=1S/C37H34Br2F2N4O3/c38-21-1-3-27-25(13-21)31(46)17-36(27)5-9-44(10-6-36)29-15-23(40)19-42-33(29)35(48)34-30(16-24(41)20-43-34)45-11-7-37(8-12-45)18-32(47)26-14-22(39)2-4-28(26)37/h1-4,13-16,19-20,31-32,46-47H,5-12,17-18H2. The van der Waals surface area contributed by atoms with Crippen LogP contribution in [0.1, 0.15) is 89.2 Å². The molecule has 2 aliphatic carbocycles. The Morgan fingerprint density at radius 3 is 1.48 bits per heavy atom. The number of hydrogen-bond donors (Lipinski definition) is 2. The van der Waals surface area contributed by atoms with Crippen LogP contribution in [-0.4, -0.2) is 52.1 Å². The molecule has 0 saturated carbocycles. The third-order valence-electron chi connectivity index (χ3n) is 11.3. The van der Waals surface area contributed by atoms with Gasteiger partial charge in [0.1, 0.15) is 23.0 Å². The third kappa shape index (κ3) is 5.28. The van der Waals surface area contributed by atoms with Crippen LogP contribution in [0.2, 0.25) is 0 Å². The fraction of sp³-hybridized carbons (Fsp3) is 0.378. The molecule has 8 rings (SSSR count). The van der Waals surface area contributed by atoms with Crippen molar-refractivity contribution in [2.75, 3.05) is 36.0 Å². The molecule has 2 aliphatic heterocycles. The first-order valence-corrected chi connectivity index (χ1v) is 18.0. The van der Waals surface area contributed by atoms with Crippen LogP contribution in [0.4, 0.5) is 20.2 Å². The van der Waals surface area contributed by atoms with Crippen LogP contribution in [0, 0.1) is 11.6 Å². The molecule has 2 aromatic carbocycles. The number of halogens is 4. The minimum Gasteiger partial charge on any atom is -0.388 e. The van der Waals surface area contributed by atoms with E-state index in [0.29, 0.717) is 50.4 Å². The molecule has 48 heavy (non-hydrogen) atoms. The van der Waals surface area contributed by atoms with E-state index in [2.05, 4.69) is 54.0 Å². The summed E-state index contributed by atoms with van der Waals surface area (Å²) >= 11 is 7.04. The second-order valence-corrected chi connectivity index (χ2v) is 15.6. The van der Waals surface area contributed by atoms with Gasteiger partial charge in [-0.25, -0.2) is 18.7 Å². The van der Waals surface area contributed by atoms with E-state index in [4.69, 9.17) is 0 Å². The lowest BCUT2D eigenvalue weighted by Gasteiger charge is -2.42. The van der Waals surface area contributed by atoms with Crippen LogP contribution in [0.15, 0.2) is 69.9 Å². The minimum absolute atomic E-state index is 0.0791. The number of carbonyl (C=O) groups is 1. The summed E-state index contributed by atoms with van der Waals surface area (Å²) in [6.45, 7) is 2.20. The number of hydrogen-bond acceptors (Lipinski definition) is 7. The number of ketones is 1. The van der Waals surface area contributed by atoms with Crippen molar-refractivity contribution in [1.82, 2.24) is 9.97 Å². The third-order valence-corrected chi connectivity index (χ3v) is 12.3. The average molecular weight is 781 g/mol. The van der Waals surface area contributed by atoms with Gasteiger partial charge in [-0.1, -0.05) is 44.0 Å². The first-order chi connectivity index (χ1) is 23.1. The summed E-state index contributed by atoms with van der Waals surface area (Å²) in [7, 11) is 0. The number of aromatic nitrogens is 2. The lowest BCUT2D eigenvalue weighted by atomic mass is 9.73. The van der Waals surface area contributed by atoms with Crippen molar-refractivity contribution in [3.8, 4) is 0 Å². The van der Waals surface area contributed by atoms with Gasteiger partial charge in [0.2, 0.25) is 5.78 Å². The van der Waals surface area contributed by atoms with E-state index in [1.54, 1.807) is 0 Å². The normalized spacial score (nSPS) is 22.3. The van der Waals surface area contributed by atoms with Crippen molar-refractivity contribution in [2.24, 2.45) is 0 Å². The summed E-state index contributed by atoms with van der Waals surface area (Å²) in [5, 5.41) is 21.7. The lowest BCUT2D eigenvalue weighted by molar-refractivity contribution is 0.103. The van der Waals surface area contributed by atoms with Crippen LogP contribution in [0.3, 0.4) is 0 Å². The summed E-state index contributed by atoms with van der Waals surface area (Å²) in [6, 6.07) is 14.8. The second-order valence-electron chi connectivity index (χ2n) is 13.8. The molecule has 4 heterocycles. The summed E-state index contributed by atoms with van der Waals surface area (Å²) < 4.78 is 31.3. The van der Waals surface area contributed by atoms with E-state index in [1.165, 1.54) is 12.1 Å². The monoisotopic (exact) mass is 778 g/mol. The van der Waals surface area contributed by atoms with Gasteiger partial charge in [-0.2, -0.15) is 0 Å². The zero-order valence-corrected chi connectivity index (χ0v) is 29.3. The van der Waals surface area contributed by atoms with Crippen LogP contribution in [0.25, 0.3) is 0 Å². The molecule has 2 spiro atoms. The van der Waals surface area contributed by atoms with Gasteiger partial charge in [-0.3, -0.25) is 4.79 Å². The van der Waals surface area contributed by atoms with Gasteiger partial charge in [0.05, 0.1) is 36.0 Å². The average Bonchev–Trinajstić information content (AvgIpc) is 3.49. The number of anilines is 2. The molecule has 2 fully saturated rings. The molecule has 2 N–H and O–H groups in total. The van der Waals surface area contributed by atoms with Gasteiger partial charge >= 0.3 is 0 Å². The first kappa shape index (κ1) is 32.0. The Kier molecular flexibility index (Phi) is 7.97. The van der Waals surface area contributed by atoms with Crippen LogP contribution in [-0.2, 0) is 10.8 Å². The fourth-order valence-electron chi connectivity index (χ4n) is 8.86. The molecule has 4 aliphatic rings. The van der Waals surface area contributed by atoms with Gasteiger partial charge in [-0.15, -0.1) is 0 Å². The zero-order valence-electron chi connectivity index (χ0n) is 26.1. The fourth-order valence-corrected chi connectivity index (χ4v) is 9.62. The predicted octanol–water partition coefficient (Wildman–Crippen LogP) is 7.46. The number of piperidine rings is 2. The highest BCUT2D eigenvalue weighted by Gasteiger charge is 2.47. The molecule has 2 saturated heterocycles. The number of nitrogens with zero attached hydrogens (tertiary/aromatic N) is 4.